The third kappa shape index (κ3) is 5.74. The summed E-state index contributed by atoms with van der Waals surface area (Å²) in [6.07, 6.45) is 0.899. The van der Waals surface area contributed by atoms with Gasteiger partial charge in [0.2, 0.25) is 0 Å². The third-order valence-corrected chi connectivity index (χ3v) is 4.36. The van der Waals surface area contributed by atoms with Gasteiger partial charge in [0.05, 0.1) is 20.3 Å². The van der Waals surface area contributed by atoms with Gasteiger partial charge in [0.15, 0.2) is 17.3 Å². The predicted octanol–water partition coefficient (Wildman–Crippen LogP) is 2.32. The van der Waals surface area contributed by atoms with Gasteiger partial charge in [-0.1, -0.05) is 12.1 Å². The van der Waals surface area contributed by atoms with Gasteiger partial charge in [-0.25, -0.2) is 0 Å². The molecule has 0 spiro atoms. The quantitative estimate of drug-likeness (QED) is 0.679. The minimum atomic E-state index is -0.208. The number of methoxy groups -OCH3 is 1. The largest absolute Gasteiger partial charge is 0.493 e. The van der Waals surface area contributed by atoms with Crippen LogP contribution in [0, 0.1) is 0 Å². The molecule has 0 aliphatic carbocycles. The average molecular weight is 374 g/mol. The smallest absolute Gasteiger partial charge is 0.286 e. The van der Waals surface area contributed by atoms with E-state index in [1.54, 1.807) is 19.2 Å². The molecular weight excluding hydrogens is 348 g/mol. The second kappa shape index (κ2) is 9.99. The van der Waals surface area contributed by atoms with Crippen molar-refractivity contribution in [2.24, 2.45) is 0 Å². The summed E-state index contributed by atoms with van der Waals surface area (Å²) < 4.78 is 21.9. The molecule has 0 saturated carbocycles. The number of nitrogens with one attached hydrogen (secondary N) is 1. The summed E-state index contributed by atoms with van der Waals surface area (Å²) in [5.41, 5.74) is 0. The van der Waals surface area contributed by atoms with Crippen LogP contribution in [0.15, 0.2) is 40.8 Å². The predicted molar refractivity (Wildman–Crippen MR) is 100 cm³/mol. The van der Waals surface area contributed by atoms with Crippen LogP contribution in [0.5, 0.6) is 11.5 Å². The Bertz CT molecular complexity index is 725. The number of hydrogen-bond donors (Lipinski definition) is 1. The molecule has 27 heavy (non-hydrogen) atoms. The van der Waals surface area contributed by atoms with Gasteiger partial charge in [0.1, 0.15) is 12.4 Å². The molecule has 0 bridgehead atoms. The van der Waals surface area contributed by atoms with Crippen LogP contribution in [-0.4, -0.2) is 57.3 Å². The number of carbonyl (C=O) groups excluding carboxylic acids is 1. The summed E-state index contributed by atoms with van der Waals surface area (Å²) in [6.45, 7) is 5.30. The Kier molecular flexibility index (Phi) is 7.12. The Labute approximate surface area is 159 Å². The molecule has 1 amide bonds. The number of benzene rings is 1. The summed E-state index contributed by atoms with van der Waals surface area (Å²) in [6, 6.07) is 10.8. The van der Waals surface area contributed by atoms with Gasteiger partial charge in [0.25, 0.3) is 5.91 Å². The zero-order chi connectivity index (χ0) is 18.9. The van der Waals surface area contributed by atoms with Gasteiger partial charge in [-0.15, -0.1) is 0 Å². The lowest BCUT2D eigenvalue weighted by Crippen LogP contribution is -2.38. The van der Waals surface area contributed by atoms with Crippen LogP contribution in [0.2, 0.25) is 0 Å². The van der Waals surface area contributed by atoms with Crippen molar-refractivity contribution >= 4 is 5.91 Å². The Hall–Kier alpha value is -2.51. The maximum Gasteiger partial charge on any atom is 0.286 e. The van der Waals surface area contributed by atoms with E-state index in [1.165, 1.54) is 0 Å². The van der Waals surface area contributed by atoms with Gasteiger partial charge in [-0.05, 0) is 37.2 Å². The first-order chi connectivity index (χ1) is 13.3. The van der Waals surface area contributed by atoms with Crippen LogP contribution in [0.1, 0.15) is 22.7 Å². The topological polar surface area (TPSA) is 73.2 Å². The van der Waals surface area contributed by atoms with E-state index in [9.17, 15) is 4.79 Å². The van der Waals surface area contributed by atoms with Crippen LogP contribution in [0.3, 0.4) is 0 Å². The highest BCUT2D eigenvalue weighted by molar-refractivity contribution is 5.91. The lowest BCUT2D eigenvalue weighted by Gasteiger charge is -2.26. The van der Waals surface area contributed by atoms with E-state index in [4.69, 9.17) is 18.6 Å². The molecule has 1 aromatic carbocycles. The molecule has 1 aromatic heterocycles. The van der Waals surface area contributed by atoms with Crippen LogP contribution < -0.4 is 14.8 Å². The molecule has 1 aliphatic rings. The summed E-state index contributed by atoms with van der Waals surface area (Å²) in [7, 11) is 1.59. The Morgan fingerprint density at radius 3 is 2.70 bits per heavy atom. The molecule has 0 atom stereocenters. The van der Waals surface area contributed by atoms with E-state index < -0.39 is 0 Å². The van der Waals surface area contributed by atoms with Gasteiger partial charge < -0.3 is 23.9 Å². The van der Waals surface area contributed by atoms with Gasteiger partial charge in [-0.3, -0.25) is 9.69 Å². The van der Waals surface area contributed by atoms with Gasteiger partial charge in [-0.2, -0.15) is 0 Å². The van der Waals surface area contributed by atoms with E-state index in [1.807, 2.05) is 24.3 Å². The molecular formula is C20H26N2O5. The molecule has 1 N–H and O–H groups in total. The van der Waals surface area contributed by atoms with Gasteiger partial charge in [0, 0.05) is 19.6 Å². The van der Waals surface area contributed by atoms with Crippen molar-refractivity contribution in [2.45, 2.75) is 13.0 Å². The first-order valence-electron chi connectivity index (χ1n) is 9.19. The summed E-state index contributed by atoms with van der Waals surface area (Å²) >= 11 is 0. The van der Waals surface area contributed by atoms with Gasteiger partial charge >= 0.3 is 0 Å². The Morgan fingerprint density at radius 1 is 1.15 bits per heavy atom. The van der Waals surface area contributed by atoms with Crippen molar-refractivity contribution in [2.75, 3.05) is 46.5 Å². The molecule has 1 saturated heterocycles. The number of amides is 1. The van der Waals surface area contributed by atoms with E-state index in [-0.39, 0.29) is 12.5 Å². The molecule has 2 heterocycles. The molecule has 7 heteroatoms. The standard InChI is InChI=1S/C20H26N2O5/c1-24-17-5-2-3-6-18(17)26-15-16-7-8-19(27-16)20(23)21-9-4-10-22-11-13-25-14-12-22/h2-3,5-8H,4,9-15H2,1H3,(H,21,23). The number of carbonyl (C=O) groups is 1. The van der Waals surface area contributed by atoms with Crippen LogP contribution >= 0.6 is 0 Å². The monoisotopic (exact) mass is 374 g/mol. The second-order valence-corrected chi connectivity index (χ2v) is 6.27. The highest BCUT2D eigenvalue weighted by atomic mass is 16.5. The minimum Gasteiger partial charge on any atom is -0.493 e. The lowest BCUT2D eigenvalue weighted by molar-refractivity contribution is 0.0374. The normalized spacial score (nSPS) is 14.7. The molecule has 0 unspecified atom stereocenters. The maximum atomic E-state index is 12.2. The van der Waals surface area contributed by atoms with Crippen molar-refractivity contribution in [3.63, 3.8) is 0 Å². The van der Waals surface area contributed by atoms with Crippen LogP contribution in [0.25, 0.3) is 0 Å². The van der Waals surface area contributed by atoms with Crippen molar-refractivity contribution in [1.82, 2.24) is 10.2 Å². The average Bonchev–Trinajstić information content (AvgIpc) is 3.19. The minimum absolute atomic E-state index is 0.208. The van der Waals surface area contributed by atoms with Crippen molar-refractivity contribution in [1.29, 1.82) is 0 Å². The Balaban J connectivity index is 1.40. The number of ether oxygens (including phenoxy) is 3. The van der Waals surface area contributed by atoms with Crippen molar-refractivity contribution < 1.29 is 23.4 Å². The summed E-state index contributed by atoms with van der Waals surface area (Å²) in [5.74, 6) is 1.95. The molecule has 146 valence electrons. The highest BCUT2D eigenvalue weighted by Gasteiger charge is 2.13. The number of nitrogens with zero attached hydrogens (tertiary/aromatic N) is 1. The maximum absolute atomic E-state index is 12.2. The summed E-state index contributed by atoms with van der Waals surface area (Å²) in [5, 5.41) is 2.89. The van der Waals surface area contributed by atoms with E-state index in [0.717, 1.165) is 39.3 Å². The van der Waals surface area contributed by atoms with Crippen LogP contribution in [0.4, 0.5) is 0 Å². The zero-order valence-electron chi connectivity index (χ0n) is 15.6. The molecule has 2 aromatic rings. The Morgan fingerprint density at radius 2 is 1.93 bits per heavy atom. The van der Waals surface area contributed by atoms with Crippen molar-refractivity contribution in [3.8, 4) is 11.5 Å². The second-order valence-electron chi connectivity index (χ2n) is 6.27. The summed E-state index contributed by atoms with van der Waals surface area (Å²) in [4.78, 5) is 14.5. The molecule has 1 fully saturated rings. The first-order valence-corrected chi connectivity index (χ1v) is 9.19. The molecule has 3 rings (SSSR count). The first kappa shape index (κ1) is 19.3. The highest BCUT2D eigenvalue weighted by Crippen LogP contribution is 2.26. The van der Waals surface area contributed by atoms with E-state index in [2.05, 4.69) is 10.2 Å². The SMILES string of the molecule is COc1ccccc1OCc1ccc(C(=O)NCCCN2CCOCC2)o1. The number of hydrogen-bond acceptors (Lipinski definition) is 6. The molecule has 7 nitrogen and oxygen atoms in total. The van der Waals surface area contributed by atoms with E-state index >= 15 is 0 Å². The fraction of sp³-hybridized carbons (Fsp3) is 0.450. The zero-order valence-corrected chi connectivity index (χ0v) is 15.6. The molecule has 0 radical (unpaired) electrons. The fourth-order valence-corrected chi connectivity index (χ4v) is 2.88. The fourth-order valence-electron chi connectivity index (χ4n) is 2.88. The number of para-hydroxylation sites is 2. The van der Waals surface area contributed by atoms with Crippen LogP contribution in [-0.2, 0) is 11.3 Å². The van der Waals surface area contributed by atoms with E-state index in [0.29, 0.717) is 29.6 Å². The number of morpholine rings is 1. The third-order valence-electron chi connectivity index (χ3n) is 4.36. The number of rotatable bonds is 9. The lowest BCUT2D eigenvalue weighted by atomic mass is 10.3. The molecule has 1 aliphatic heterocycles. The van der Waals surface area contributed by atoms with Crippen molar-refractivity contribution in [3.05, 3.63) is 47.9 Å². The number of furan rings is 1.